The number of rotatable bonds is 4. The maximum Gasteiger partial charge on any atom is 0.259 e. The summed E-state index contributed by atoms with van der Waals surface area (Å²) in [5.74, 6) is -0.241. The van der Waals surface area contributed by atoms with Crippen molar-refractivity contribution in [3.05, 3.63) is 81.4 Å². The molecule has 2 aromatic heterocycles. The van der Waals surface area contributed by atoms with E-state index in [1.54, 1.807) is 29.2 Å². The molecule has 1 atom stereocenters. The van der Waals surface area contributed by atoms with Crippen molar-refractivity contribution >= 4 is 29.0 Å². The molecule has 4 rings (SSSR count). The Morgan fingerprint density at radius 2 is 1.96 bits per heavy atom. The fourth-order valence-corrected chi connectivity index (χ4v) is 3.13. The Bertz CT molecular complexity index is 1260. The number of aromatic amines is 2. The molecule has 140 valence electrons. The summed E-state index contributed by atoms with van der Waals surface area (Å²) in [4.78, 5) is 33.9. The second-order valence-electron chi connectivity index (χ2n) is 6.30. The van der Waals surface area contributed by atoms with Crippen molar-refractivity contribution in [3.63, 3.8) is 0 Å². The summed E-state index contributed by atoms with van der Waals surface area (Å²) < 4.78 is 1.88. The molecule has 3 N–H and O–H groups in total. The molecular weight excluding hydrogens is 376 g/mol. The highest BCUT2D eigenvalue weighted by Crippen LogP contribution is 2.17. The van der Waals surface area contributed by atoms with E-state index in [1.165, 1.54) is 6.33 Å². The number of nitrogens with one attached hydrogen (secondary N) is 3. The van der Waals surface area contributed by atoms with Crippen molar-refractivity contribution < 1.29 is 4.79 Å². The zero-order chi connectivity index (χ0) is 19.7. The average molecular weight is 392 g/mol. The summed E-state index contributed by atoms with van der Waals surface area (Å²) in [6, 6.07) is 12.3. The minimum absolute atomic E-state index is 0.203. The van der Waals surface area contributed by atoms with Crippen LogP contribution in [-0.2, 0) is 0 Å². The van der Waals surface area contributed by atoms with Crippen molar-refractivity contribution in [2.75, 3.05) is 0 Å². The first-order valence-electron chi connectivity index (χ1n) is 8.53. The lowest BCUT2D eigenvalue weighted by Gasteiger charge is -2.15. The molecule has 0 aliphatic rings. The molecule has 0 bridgehead atoms. The lowest BCUT2D eigenvalue weighted by molar-refractivity contribution is 0.0940. The number of fused-ring (bicyclic) bond motifs is 1. The van der Waals surface area contributed by atoms with Gasteiger partial charge in [0.25, 0.3) is 11.5 Å². The maximum atomic E-state index is 12.6. The molecule has 0 saturated heterocycles. The monoisotopic (exact) mass is 392 g/mol. The zero-order valence-electron chi connectivity index (χ0n) is 14.8. The molecule has 8 nitrogen and oxygen atoms in total. The molecule has 1 unspecified atom stereocenters. The molecule has 28 heavy (non-hydrogen) atoms. The third-order valence-corrected chi connectivity index (χ3v) is 4.63. The number of carbonyl (C=O) groups excluding carboxylic acids is 1. The number of hydrogen-bond acceptors (Lipinski definition) is 5. The van der Waals surface area contributed by atoms with Crippen LogP contribution in [0.3, 0.4) is 0 Å². The molecule has 9 heteroatoms. The highest BCUT2D eigenvalue weighted by molar-refractivity contribution is 7.71. The first-order valence-corrected chi connectivity index (χ1v) is 8.94. The van der Waals surface area contributed by atoms with Crippen LogP contribution in [0.1, 0.15) is 28.9 Å². The predicted octanol–water partition coefficient (Wildman–Crippen LogP) is 2.66. The first kappa shape index (κ1) is 17.8. The van der Waals surface area contributed by atoms with Crippen LogP contribution >= 0.6 is 12.2 Å². The van der Waals surface area contributed by atoms with Crippen molar-refractivity contribution in [2.45, 2.75) is 13.0 Å². The second kappa shape index (κ2) is 7.20. The maximum absolute atomic E-state index is 12.6. The summed E-state index contributed by atoms with van der Waals surface area (Å²) in [5, 5.41) is 7.49. The van der Waals surface area contributed by atoms with Gasteiger partial charge in [0, 0.05) is 5.56 Å². The molecule has 0 aliphatic heterocycles. The zero-order valence-corrected chi connectivity index (χ0v) is 15.7. The van der Waals surface area contributed by atoms with Crippen molar-refractivity contribution in [2.24, 2.45) is 0 Å². The third kappa shape index (κ3) is 3.47. The van der Waals surface area contributed by atoms with Gasteiger partial charge in [0.05, 0.1) is 22.6 Å². The fourth-order valence-electron chi connectivity index (χ4n) is 2.93. The Morgan fingerprint density at radius 1 is 1.18 bits per heavy atom. The average Bonchev–Trinajstić information content (AvgIpc) is 3.22. The second-order valence-corrected chi connectivity index (χ2v) is 6.70. The summed E-state index contributed by atoms with van der Waals surface area (Å²) >= 11 is 4.99. The van der Waals surface area contributed by atoms with E-state index in [2.05, 4.69) is 25.4 Å². The molecular formula is C19H16N6O2S. The Morgan fingerprint density at radius 3 is 2.68 bits per heavy atom. The van der Waals surface area contributed by atoms with Gasteiger partial charge in [-0.05, 0) is 55.0 Å². The van der Waals surface area contributed by atoms with E-state index in [0.29, 0.717) is 16.5 Å². The van der Waals surface area contributed by atoms with Crippen molar-refractivity contribution in [1.82, 2.24) is 30.0 Å². The van der Waals surface area contributed by atoms with Gasteiger partial charge in [-0.2, -0.15) is 5.10 Å². The summed E-state index contributed by atoms with van der Waals surface area (Å²) in [5.41, 5.74) is 2.51. The van der Waals surface area contributed by atoms with E-state index in [1.807, 2.05) is 31.2 Å². The van der Waals surface area contributed by atoms with Gasteiger partial charge in [-0.15, -0.1) is 0 Å². The van der Waals surface area contributed by atoms with Gasteiger partial charge in [0.15, 0.2) is 4.77 Å². The number of benzene rings is 2. The Labute approximate surface area is 164 Å². The molecule has 0 radical (unpaired) electrons. The molecule has 0 saturated carbocycles. The molecule has 0 spiro atoms. The summed E-state index contributed by atoms with van der Waals surface area (Å²) in [7, 11) is 0. The minimum Gasteiger partial charge on any atom is -0.346 e. The topological polar surface area (TPSA) is 108 Å². The molecule has 1 amide bonds. The van der Waals surface area contributed by atoms with Crippen molar-refractivity contribution in [1.29, 1.82) is 0 Å². The lowest BCUT2D eigenvalue weighted by Crippen LogP contribution is -2.26. The number of hydrogen-bond donors (Lipinski definition) is 3. The SMILES string of the molecule is CC(NC(=O)c1ccc2c(=O)[nH]c(=S)[nH]c2c1)c1ccc(-n2cncn2)cc1. The van der Waals surface area contributed by atoms with Gasteiger partial charge < -0.3 is 10.3 Å². The number of H-pyrrole nitrogens is 2. The standard InChI is InChI=1S/C19H16N6O2S/c1-11(12-2-5-14(6-3-12)25-10-20-9-21-25)22-17(26)13-4-7-15-16(8-13)23-19(28)24-18(15)27/h2-11H,1H3,(H,22,26)(H2,23,24,27,28). The molecule has 0 fully saturated rings. The van der Waals surface area contributed by atoms with Crippen LogP contribution in [0, 0.1) is 4.77 Å². The lowest BCUT2D eigenvalue weighted by atomic mass is 10.1. The fraction of sp³-hybridized carbons (Fsp3) is 0.105. The van der Waals surface area contributed by atoms with Gasteiger partial charge in [0.1, 0.15) is 12.7 Å². The number of amides is 1. The van der Waals surface area contributed by atoms with Crippen LogP contribution in [0.5, 0.6) is 0 Å². The van der Waals surface area contributed by atoms with Crippen LogP contribution in [0.4, 0.5) is 0 Å². The first-order chi connectivity index (χ1) is 13.5. The van der Waals surface area contributed by atoms with Gasteiger partial charge in [-0.1, -0.05) is 12.1 Å². The van der Waals surface area contributed by atoms with Crippen LogP contribution in [0.2, 0.25) is 0 Å². The quantitative estimate of drug-likeness (QED) is 0.463. The van der Waals surface area contributed by atoms with Gasteiger partial charge in [-0.25, -0.2) is 9.67 Å². The minimum atomic E-state index is -0.286. The summed E-state index contributed by atoms with van der Waals surface area (Å²) in [6.07, 6.45) is 3.09. The third-order valence-electron chi connectivity index (χ3n) is 4.43. The molecule has 0 aliphatic carbocycles. The van der Waals surface area contributed by atoms with Gasteiger partial charge >= 0.3 is 0 Å². The van der Waals surface area contributed by atoms with E-state index in [9.17, 15) is 9.59 Å². The molecule has 2 aromatic carbocycles. The predicted molar refractivity (Wildman–Crippen MR) is 107 cm³/mol. The van der Waals surface area contributed by atoms with Gasteiger partial charge in [0.2, 0.25) is 0 Å². The number of aromatic nitrogens is 5. The number of carbonyl (C=O) groups is 1. The van der Waals surface area contributed by atoms with Gasteiger partial charge in [-0.3, -0.25) is 14.6 Å². The van der Waals surface area contributed by atoms with E-state index in [-0.39, 0.29) is 22.3 Å². The highest BCUT2D eigenvalue weighted by atomic mass is 32.1. The van der Waals surface area contributed by atoms with E-state index in [0.717, 1.165) is 11.3 Å². The molecule has 4 aromatic rings. The molecule has 2 heterocycles. The highest BCUT2D eigenvalue weighted by Gasteiger charge is 2.13. The Hall–Kier alpha value is -3.59. The Balaban J connectivity index is 1.53. The van der Waals surface area contributed by atoms with Crippen LogP contribution in [0.15, 0.2) is 59.9 Å². The van der Waals surface area contributed by atoms with E-state index >= 15 is 0 Å². The van der Waals surface area contributed by atoms with E-state index in [4.69, 9.17) is 12.2 Å². The van der Waals surface area contributed by atoms with E-state index < -0.39 is 0 Å². The summed E-state index contributed by atoms with van der Waals surface area (Å²) in [6.45, 7) is 1.90. The van der Waals surface area contributed by atoms with Crippen molar-refractivity contribution in [3.8, 4) is 5.69 Å². The van der Waals surface area contributed by atoms with Crippen LogP contribution < -0.4 is 10.9 Å². The van der Waals surface area contributed by atoms with Crippen LogP contribution in [0.25, 0.3) is 16.6 Å². The van der Waals surface area contributed by atoms with Crippen LogP contribution in [-0.4, -0.2) is 30.6 Å². The largest absolute Gasteiger partial charge is 0.346 e. The smallest absolute Gasteiger partial charge is 0.259 e. The number of nitrogens with zero attached hydrogens (tertiary/aromatic N) is 3. The Kier molecular flexibility index (Phi) is 4.58. The normalized spacial score (nSPS) is 12.0.